The van der Waals surface area contributed by atoms with Crippen molar-refractivity contribution >= 4 is 17.6 Å². The van der Waals surface area contributed by atoms with Crippen LogP contribution >= 0.6 is 0 Å². The summed E-state index contributed by atoms with van der Waals surface area (Å²) in [5, 5.41) is 0. The van der Waals surface area contributed by atoms with Crippen molar-refractivity contribution in [3.63, 3.8) is 0 Å². The number of hydrogen-bond acceptors (Lipinski definition) is 2. The van der Waals surface area contributed by atoms with Gasteiger partial charge >= 0.3 is 0 Å². The van der Waals surface area contributed by atoms with E-state index in [1.165, 1.54) is 23.4 Å². The second kappa shape index (κ2) is 6.39. The van der Waals surface area contributed by atoms with Gasteiger partial charge in [0.2, 0.25) is 0 Å². The molecular formula is C21H25FN2. The zero-order valence-electron chi connectivity index (χ0n) is 14.9. The molecule has 0 radical (unpaired) electrons. The molecule has 1 unspecified atom stereocenters. The van der Waals surface area contributed by atoms with Crippen LogP contribution in [0.15, 0.2) is 47.5 Å². The lowest BCUT2D eigenvalue weighted by atomic mass is 9.79. The first kappa shape index (κ1) is 16.7. The minimum atomic E-state index is -0.237. The smallest absolute Gasteiger partial charge is 0.123 e. The molecule has 24 heavy (non-hydrogen) atoms. The summed E-state index contributed by atoms with van der Waals surface area (Å²) in [6.07, 6.45) is 3.00. The summed E-state index contributed by atoms with van der Waals surface area (Å²) in [6, 6.07) is 12.8. The van der Waals surface area contributed by atoms with Gasteiger partial charge in [-0.15, -0.1) is 0 Å². The molecule has 0 N–H and O–H groups in total. The fourth-order valence-electron chi connectivity index (χ4n) is 3.86. The fraction of sp³-hybridized carbons (Fsp3) is 0.381. The first-order chi connectivity index (χ1) is 11.4. The number of nitrogens with zero attached hydrogens (tertiary/aromatic N) is 2. The predicted molar refractivity (Wildman–Crippen MR) is 100 cm³/mol. The van der Waals surface area contributed by atoms with Gasteiger partial charge in [-0.3, -0.25) is 4.99 Å². The van der Waals surface area contributed by atoms with Crippen molar-refractivity contribution in [1.29, 1.82) is 0 Å². The molecule has 3 heteroatoms. The maximum Gasteiger partial charge on any atom is 0.123 e. The van der Waals surface area contributed by atoms with E-state index in [9.17, 15) is 4.39 Å². The Labute approximate surface area is 144 Å². The molecule has 1 atom stereocenters. The molecule has 126 valence electrons. The standard InChI is InChI=1S/C21H25FN2/c1-5-24-20-11-6-16(12-19(20)15(2)13-21(24,3)4)14-23-18-9-7-17(22)8-10-18/h6-12,14-15H,5,13H2,1-4H3. The van der Waals surface area contributed by atoms with E-state index >= 15 is 0 Å². The van der Waals surface area contributed by atoms with Gasteiger partial charge in [-0.05, 0) is 80.6 Å². The van der Waals surface area contributed by atoms with Crippen LogP contribution in [0.4, 0.5) is 15.8 Å². The number of fused-ring (bicyclic) bond motifs is 1. The monoisotopic (exact) mass is 324 g/mol. The normalized spacial score (nSPS) is 19.5. The van der Waals surface area contributed by atoms with Gasteiger partial charge in [0.25, 0.3) is 0 Å². The van der Waals surface area contributed by atoms with Gasteiger partial charge in [0, 0.05) is 24.0 Å². The molecule has 0 spiro atoms. The molecule has 2 aromatic carbocycles. The van der Waals surface area contributed by atoms with Gasteiger partial charge in [0.15, 0.2) is 0 Å². The van der Waals surface area contributed by atoms with Crippen LogP contribution in [0.3, 0.4) is 0 Å². The first-order valence-electron chi connectivity index (χ1n) is 8.62. The SMILES string of the molecule is CCN1c2ccc(C=Nc3ccc(F)cc3)cc2C(C)CC1(C)C. The first-order valence-corrected chi connectivity index (χ1v) is 8.62. The van der Waals surface area contributed by atoms with Crippen LogP contribution < -0.4 is 4.90 Å². The van der Waals surface area contributed by atoms with Crippen LogP contribution in [-0.4, -0.2) is 18.3 Å². The number of aliphatic imine (C=N–C) groups is 1. The van der Waals surface area contributed by atoms with Crippen LogP contribution in [0.1, 0.15) is 51.2 Å². The minimum absolute atomic E-state index is 0.185. The molecule has 1 heterocycles. The minimum Gasteiger partial charge on any atom is -0.366 e. The van der Waals surface area contributed by atoms with Crippen molar-refractivity contribution in [2.45, 2.75) is 45.6 Å². The molecule has 0 bridgehead atoms. The van der Waals surface area contributed by atoms with Gasteiger partial charge in [-0.2, -0.15) is 0 Å². The van der Waals surface area contributed by atoms with Crippen molar-refractivity contribution in [2.75, 3.05) is 11.4 Å². The van der Waals surface area contributed by atoms with Crippen LogP contribution in [-0.2, 0) is 0 Å². The molecule has 1 aliphatic heterocycles. The van der Waals surface area contributed by atoms with Crippen LogP contribution in [0.2, 0.25) is 0 Å². The van der Waals surface area contributed by atoms with Gasteiger partial charge in [0.1, 0.15) is 5.82 Å². The highest BCUT2D eigenvalue weighted by atomic mass is 19.1. The zero-order valence-corrected chi connectivity index (χ0v) is 14.9. The van der Waals surface area contributed by atoms with E-state index in [4.69, 9.17) is 0 Å². The van der Waals surface area contributed by atoms with E-state index in [2.05, 4.69) is 55.8 Å². The third kappa shape index (κ3) is 3.21. The van der Waals surface area contributed by atoms with E-state index in [-0.39, 0.29) is 11.4 Å². The maximum atomic E-state index is 13.0. The summed E-state index contributed by atoms with van der Waals surface area (Å²) in [6.45, 7) is 10.2. The Kier molecular flexibility index (Phi) is 4.44. The van der Waals surface area contributed by atoms with Crippen LogP contribution in [0.5, 0.6) is 0 Å². The number of rotatable bonds is 3. The highest BCUT2D eigenvalue weighted by Gasteiger charge is 2.35. The molecule has 2 nitrogen and oxygen atoms in total. The van der Waals surface area contributed by atoms with E-state index in [1.54, 1.807) is 12.1 Å². The summed E-state index contributed by atoms with van der Waals surface area (Å²) in [5.74, 6) is 0.288. The second-order valence-corrected chi connectivity index (χ2v) is 7.21. The lowest BCUT2D eigenvalue weighted by molar-refractivity contribution is 0.381. The van der Waals surface area contributed by atoms with Crippen molar-refractivity contribution in [3.8, 4) is 0 Å². The van der Waals surface area contributed by atoms with Crippen molar-refractivity contribution in [3.05, 3.63) is 59.4 Å². The number of anilines is 1. The third-order valence-corrected chi connectivity index (χ3v) is 4.92. The quantitative estimate of drug-likeness (QED) is 0.662. The molecule has 0 aliphatic carbocycles. The average Bonchev–Trinajstić information content (AvgIpc) is 2.54. The van der Waals surface area contributed by atoms with Crippen molar-refractivity contribution in [2.24, 2.45) is 4.99 Å². The van der Waals surface area contributed by atoms with E-state index in [0.717, 1.165) is 24.2 Å². The molecule has 0 amide bonds. The molecule has 3 rings (SSSR count). The van der Waals surface area contributed by atoms with Crippen LogP contribution in [0.25, 0.3) is 0 Å². The van der Waals surface area contributed by atoms with Crippen LogP contribution in [0, 0.1) is 5.82 Å². The topological polar surface area (TPSA) is 15.6 Å². The summed E-state index contributed by atoms with van der Waals surface area (Å²) < 4.78 is 13.0. The molecule has 2 aromatic rings. The maximum absolute atomic E-state index is 13.0. The van der Waals surface area contributed by atoms with Crippen molar-refractivity contribution < 1.29 is 4.39 Å². The number of benzene rings is 2. The van der Waals surface area contributed by atoms with E-state index in [0.29, 0.717) is 5.92 Å². The highest BCUT2D eigenvalue weighted by molar-refractivity contribution is 5.83. The Morgan fingerprint density at radius 1 is 1.21 bits per heavy atom. The molecule has 0 saturated carbocycles. The predicted octanol–water partition coefficient (Wildman–Crippen LogP) is 5.69. The zero-order chi connectivity index (χ0) is 17.3. The lowest BCUT2D eigenvalue weighted by Crippen LogP contribution is -2.48. The molecular weight excluding hydrogens is 299 g/mol. The number of hydrogen-bond donors (Lipinski definition) is 0. The Morgan fingerprint density at radius 2 is 1.92 bits per heavy atom. The molecule has 1 aliphatic rings. The Hall–Kier alpha value is -2.16. The second-order valence-electron chi connectivity index (χ2n) is 7.21. The van der Waals surface area contributed by atoms with Crippen molar-refractivity contribution in [1.82, 2.24) is 0 Å². The average molecular weight is 324 g/mol. The Bertz CT molecular complexity index is 747. The van der Waals surface area contributed by atoms with E-state index < -0.39 is 0 Å². The fourth-order valence-corrected chi connectivity index (χ4v) is 3.86. The van der Waals surface area contributed by atoms with Gasteiger partial charge in [-0.1, -0.05) is 13.0 Å². The summed E-state index contributed by atoms with van der Waals surface area (Å²) in [4.78, 5) is 6.94. The molecule has 0 aromatic heterocycles. The lowest BCUT2D eigenvalue weighted by Gasteiger charge is -2.47. The van der Waals surface area contributed by atoms with Gasteiger partial charge < -0.3 is 4.90 Å². The summed E-state index contributed by atoms with van der Waals surface area (Å²) in [5.41, 5.74) is 4.75. The molecule has 0 saturated heterocycles. The molecule has 0 fully saturated rings. The van der Waals surface area contributed by atoms with Gasteiger partial charge in [-0.25, -0.2) is 4.39 Å². The van der Waals surface area contributed by atoms with E-state index in [1.807, 2.05) is 6.21 Å². The van der Waals surface area contributed by atoms with Gasteiger partial charge in [0.05, 0.1) is 5.69 Å². The Morgan fingerprint density at radius 3 is 2.58 bits per heavy atom. The summed E-state index contributed by atoms with van der Waals surface area (Å²) >= 11 is 0. The largest absolute Gasteiger partial charge is 0.366 e. The number of halogens is 1. The highest BCUT2D eigenvalue weighted by Crippen LogP contribution is 2.43. The third-order valence-electron chi connectivity index (χ3n) is 4.92. The Balaban J connectivity index is 1.91. The summed E-state index contributed by atoms with van der Waals surface area (Å²) in [7, 11) is 0.